The molecule has 1 saturated carbocycles. The number of phenolic OH excluding ortho intramolecular Hbond substituents is 1. The van der Waals surface area contributed by atoms with Crippen LogP contribution in [0.4, 0.5) is 0 Å². The van der Waals surface area contributed by atoms with Gasteiger partial charge >= 0.3 is 0 Å². The number of phenols is 1. The van der Waals surface area contributed by atoms with Gasteiger partial charge in [0.2, 0.25) is 0 Å². The van der Waals surface area contributed by atoms with Gasteiger partial charge in [-0.05, 0) is 35.4 Å². The molecule has 20 heavy (non-hydrogen) atoms. The van der Waals surface area contributed by atoms with Crippen molar-refractivity contribution in [3.05, 3.63) is 48.5 Å². The summed E-state index contributed by atoms with van der Waals surface area (Å²) >= 11 is 0. The lowest BCUT2D eigenvalue weighted by molar-refractivity contribution is 0.477. The maximum absolute atomic E-state index is 10.1. The molecule has 0 amide bonds. The molecule has 0 radical (unpaired) electrons. The molecular weight excluding hydrogens is 263 g/mol. The van der Waals surface area contributed by atoms with Crippen LogP contribution in [-0.2, 0) is 0 Å². The Balaban J connectivity index is 1.90. The van der Waals surface area contributed by atoms with E-state index in [1.165, 1.54) is 43.0 Å². The molecule has 2 aromatic rings. The number of rotatable bonds is 3. The molecule has 1 nitrogen and oxygen atoms in total. The lowest BCUT2D eigenvalue weighted by atomic mass is 10.0. The van der Waals surface area contributed by atoms with Crippen molar-refractivity contribution < 1.29 is 5.11 Å². The summed E-state index contributed by atoms with van der Waals surface area (Å²) in [4.78, 5) is 0. The van der Waals surface area contributed by atoms with Crippen molar-refractivity contribution in [1.29, 1.82) is 0 Å². The number of para-hydroxylation sites is 1. The van der Waals surface area contributed by atoms with Gasteiger partial charge in [-0.25, -0.2) is 0 Å². The number of hydrogen-bond donors (Lipinski definition) is 1. The third-order valence-corrected chi connectivity index (χ3v) is 5.82. The molecule has 0 aromatic heterocycles. The average molecular weight is 284 g/mol. The number of aromatic hydroxyl groups is 1. The first kappa shape index (κ1) is 13.6. The molecular formula is C18H21OP. The second-order valence-corrected chi connectivity index (χ2v) is 7.19. The summed E-state index contributed by atoms with van der Waals surface area (Å²) in [6.07, 6.45) is 6.91. The van der Waals surface area contributed by atoms with Gasteiger partial charge in [0, 0.05) is 5.56 Å². The maximum Gasteiger partial charge on any atom is 0.123 e. The highest BCUT2D eigenvalue weighted by molar-refractivity contribution is 7.48. The van der Waals surface area contributed by atoms with Gasteiger partial charge in [-0.15, -0.1) is 0 Å². The van der Waals surface area contributed by atoms with Crippen molar-refractivity contribution in [2.45, 2.75) is 37.8 Å². The van der Waals surface area contributed by atoms with Gasteiger partial charge in [0.1, 0.15) is 5.75 Å². The molecule has 0 heterocycles. The van der Waals surface area contributed by atoms with E-state index in [-0.39, 0.29) is 0 Å². The monoisotopic (exact) mass is 284 g/mol. The standard InChI is InChI=1S/C18H21OP/c19-17-12-6-4-10-15(17)16-11-5-7-13-18(16)20-14-8-2-1-3-9-14/h4-7,10-14,19-20H,1-3,8-9H2. The van der Waals surface area contributed by atoms with Crippen molar-refractivity contribution in [2.24, 2.45) is 0 Å². The fourth-order valence-electron chi connectivity index (χ4n) is 3.01. The Morgan fingerprint density at radius 1 is 0.800 bits per heavy atom. The van der Waals surface area contributed by atoms with Crippen molar-refractivity contribution in [3.63, 3.8) is 0 Å². The van der Waals surface area contributed by atoms with Crippen LogP contribution in [0.5, 0.6) is 5.75 Å². The summed E-state index contributed by atoms with van der Waals surface area (Å²) < 4.78 is 0. The van der Waals surface area contributed by atoms with E-state index in [1.807, 2.05) is 18.2 Å². The molecule has 1 N–H and O–H groups in total. The third-order valence-electron chi connectivity index (χ3n) is 4.09. The predicted molar refractivity (Wildman–Crippen MR) is 88.4 cm³/mol. The van der Waals surface area contributed by atoms with Gasteiger partial charge < -0.3 is 5.11 Å². The quantitative estimate of drug-likeness (QED) is 0.810. The zero-order valence-electron chi connectivity index (χ0n) is 11.7. The van der Waals surface area contributed by atoms with Crippen molar-refractivity contribution in [1.82, 2.24) is 0 Å². The lowest BCUT2D eigenvalue weighted by Gasteiger charge is -2.23. The Morgan fingerprint density at radius 3 is 2.20 bits per heavy atom. The van der Waals surface area contributed by atoms with Crippen LogP contribution in [0.15, 0.2) is 48.5 Å². The van der Waals surface area contributed by atoms with E-state index in [0.29, 0.717) is 5.75 Å². The SMILES string of the molecule is Oc1ccccc1-c1ccccc1PC1CCCCC1. The second kappa shape index (κ2) is 6.41. The summed E-state index contributed by atoms with van der Waals surface area (Å²) in [6.45, 7) is 0. The molecule has 0 bridgehead atoms. The first-order valence-electron chi connectivity index (χ1n) is 7.48. The molecule has 2 heteroatoms. The second-order valence-electron chi connectivity index (χ2n) is 5.54. The Hall–Kier alpha value is -1.33. The topological polar surface area (TPSA) is 20.2 Å². The maximum atomic E-state index is 10.1. The van der Waals surface area contributed by atoms with E-state index in [4.69, 9.17) is 0 Å². The summed E-state index contributed by atoms with van der Waals surface area (Å²) in [5.41, 5.74) is 3.01. The Labute approximate surface area is 122 Å². The van der Waals surface area contributed by atoms with Crippen LogP contribution in [0.25, 0.3) is 11.1 Å². The highest BCUT2D eigenvalue weighted by atomic mass is 31.1. The summed E-state index contributed by atoms with van der Waals surface area (Å²) in [5.74, 6) is 0.383. The fourth-order valence-corrected chi connectivity index (χ4v) is 4.71. The minimum Gasteiger partial charge on any atom is -0.507 e. The molecule has 1 aliphatic rings. The molecule has 0 saturated heterocycles. The first-order chi connectivity index (χ1) is 9.84. The van der Waals surface area contributed by atoms with Crippen molar-refractivity contribution in [3.8, 4) is 16.9 Å². The van der Waals surface area contributed by atoms with Crippen molar-refractivity contribution >= 4 is 13.9 Å². The Kier molecular flexibility index (Phi) is 4.38. The third kappa shape index (κ3) is 3.04. The average Bonchev–Trinajstić information content (AvgIpc) is 2.50. The van der Waals surface area contributed by atoms with E-state index < -0.39 is 0 Å². The van der Waals surface area contributed by atoms with Crippen LogP contribution < -0.4 is 5.30 Å². The Morgan fingerprint density at radius 2 is 1.45 bits per heavy atom. The molecule has 1 aliphatic carbocycles. The van der Waals surface area contributed by atoms with Gasteiger partial charge in [0.25, 0.3) is 0 Å². The zero-order chi connectivity index (χ0) is 13.8. The minimum absolute atomic E-state index is 0.383. The minimum atomic E-state index is 0.383. The van der Waals surface area contributed by atoms with Gasteiger partial charge in [-0.1, -0.05) is 70.3 Å². The first-order valence-corrected chi connectivity index (χ1v) is 8.56. The van der Waals surface area contributed by atoms with Crippen molar-refractivity contribution in [2.75, 3.05) is 0 Å². The lowest BCUT2D eigenvalue weighted by Crippen LogP contribution is -2.12. The van der Waals surface area contributed by atoms with E-state index in [0.717, 1.165) is 19.8 Å². The molecule has 1 fully saturated rings. The zero-order valence-corrected chi connectivity index (χ0v) is 12.7. The van der Waals surface area contributed by atoms with E-state index in [9.17, 15) is 5.11 Å². The van der Waals surface area contributed by atoms with Crippen LogP contribution in [0.2, 0.25) is 0 Å². The van der Waals surface area contributed by atoms with Crippen LogP contribution in [0, 0.1) is 0 Å². The van der Waals surface area contributed by atoms with Gasteiger partial charge in [-0.2, -0.15) is 0 Å². The van der Waals surface area contributed by atoms with Gasteiger partial charge in [0.15, 0.2) is 0 Å². The van der Waals surface area contributed by atoms with E-state index in [1.54, 1.807) is 6.07 Å². The van der Waals surface area contributed by atoms with Gasteiger partial charge in [0.05, 0.1) is 0 Å². The molecule has 3 rings (SSSR count). The van der Waals surface area contributed by atoms with Gasteiger partial charge in [-0.3, -0.25) is 0 Å². The number of hydrogen-bond acceptors (Lipinski definition) is 1. The highest BCUT2D eigenvalue weighted by Gasteiger charge is 2.16. The van der Waals surface area contributed by atoms with Crippen LogP contribution in [0.1, 0.15) is 32.1 Å². The van der Waals surface area contributed by atoms with Crippen LogP contribution >= 0.6 is 8.58 Å². The smallest absolute Gasteiger partial charge is 0.123 e. The Bertz CT molecular complexity index is 573. The summed E-state index contributed by atoms with van der Waals surface area (Å²) in [7, 11) is 0.863. The molecule has 0 aliphatic heterocycles. The highest BCUT2D eigenvalue weighted by Crippen LogP contribution is 2.36. The molecule has 104 valence electrons. The molecule has 1 atom stereocenters. The molecule has 0 spiro atoms. The van der Waals surface area contributed by atoms with E-state index >= 15 is 0 Å². The predicted octanol–water partition coefficient (Wildman–Crippen LogP) is 4.70. The normalized spacial score (nSPS) is 16.8. The molecule has 2 aromatic carbocycles. The van der Waals surface area contributed by atoms with Crippen LogP contribution in [-0.4, -0.2) is 10.8 Å². The fraction of sp³-hybridized carbons (Fsp3) is 0.333. The largest absolute Gasteiger partial charge is 0.507 e. The van der Waals surface area contributed by atoms with E-state index in [2.05, 4.69) is 24.3 Å². The van der Waals surface area contributed by atoms with Crippen LogP contribution in [0.3, 0.4) is 0 Å². The molecule has 1 unspecified atom stereocenters. The summed E-state index contributed by atoms with van der Waals surface area (Å²) in [5, 5.41) is 11.5. The number of benzene rings is 2. The summed E-state index contributed by atoms with van der Waals surface area (Å²) in [6, 6.07) is 16.2.